The van der Waals surface area contributed by atoms with Gasteiger partial charge >= 0.3 is 0 Å². The molecule has 1 aromatic carbocycles. The van der Waals surface area contributed by atoms with E-state index in [0.29, 0.717) is 0 Å². The van der Waals surface area contributed by atoms with Crippen molar-refractivity contribution in [2.75, 3.05) is 0 Å². The topological polar surface area (TPSA) is 0 Å². The molecule has 0 radical (unpaired) electrons. The van der Waals surface area contributed by atoms with Gasteiger partial charge in [-0.05, 0) is 6.92 Å². The largest absolute Gasteiger partial charge is 0.199 e. The van der Waals surface area contributed by atoms with Gasteiger partial charge in [-0.1, -0.05) is 5.56 Å². The number of hydrogen-bond donors (Lipinski definition) is 0. The van der Waals surface area contributed by atoms with Crippen molar-refractivity contribution in [1.82, 2.24) is 0 Å². The Morgan fingerprint density at radius 3 is 1.89 bits per heavy atom. The Morgan fingerprint density at radius 2 is 1.56 bits per heavy atom. The summed E-state index contributed by atoms with van der Waals surface area (Å²) in [5.41, 5.74) is 2.37. The number of aryl methyl sites for hydroxylation is 1. The Morgan fingerprint density at radius 1 is 1.11 bits per heavy atom. The number of benzene rings is 1. The smallest absolute Gasteiger partial charge is 0 e. The molecule has 1 heteroatoms. The van der Waals surface area contributed by atoms with Crippen LogP contribution in [0.4, 0.5) is 0 Å². The zero-order valence-corrected chi connectivity index (χ0v) is 8.69. The van der Waals surface area contributed by atoms with E-state index < -0.39 is 0 Å². The fourth-order valence-electron chi connectivity index (χ4n) is 0.588. The first-order chi connectivity index (χ1) is 3.79. The first-order valence-electron chi connectivity index (χ1n) is 2.67. The Balaban J connectivity index is 0.000000640. The monoisotopic (exact) mass is 169 g/mol. The van der Waals surface area contributed by atoms with Crippen LogP contribution >= 0.6 is 0 Å². The predicted octanol–water partition coefficient (Wildman–Crippen LogP) is 2.17. The average molecular weight is 171 g/mol. The molecule has 0 amide bonds. The Kier molecular flexibility index (Phi) is 3.57. The minimum atomic E-state index is 0. The average Bonchev–Trinajstić information content (AvgIpc) is 1.77. The Bertz CT molecular complexity index is 143. The molecule has 0 nitrogen and oxygen atoms in total. The quantitative estimate of drug-likeness (QED) is 0.414. The predicted molar refractivity (Wildman–Crippen MR) is 35.6 cm³/mol. The normalized spacial score (nSPS) is 8.11. The second-order valence-corrected chi connectivity index (χ2v) is 1.99. The van der Waals surface area contributed by atoms with E-state index in [-0.39, 0.29) is 19.5 Å². The first-order valence-corrected chi connectivity index (χ1v) is 2.67. The van der Waals surface area contributed by atoms with Crippen molar-refractivity contribution in [2.45, 2.75) is 6.92 Å². The van der Waals surface area contributed by atoms with Gasteiger partial charge in [-0.25, -0.2) is 0 Å². The van der Waals surface area contributed by atoms with Crippen molar-refractivity contribution in [1.29, 1.82) is 0 Å². The third kappa shape index (κ3) is 2.67. The molecule has 0 unspecified atom stereocenters. The molecule has 0 aliphatic rings. The van der Waals surface area contributed by atoms with Gasteiger partial charge in [0.25, 0.3) is 0 Å². The minimum absolute atomic E-state index is 0. The van der Waals surface area contributed by atoms with Gasteiger partial charge in [0.2, 0.25) is 0 Å². The van der Waals surface area contributed by atoms with Crippen molar-refractivity contribution in [3.05, 3.63) is 42.3 Å². The van der Waals surface area contributed by atoms with Crippen molar-refractivity contribution in [3.63, 3.8) is 0 Å². The second-order valence-electron chi connectivity index (χ2n) is 1.99. The van der Waals surface area contributed by atoms with Crippen LogP contribution in [0.5, 0.6) is 0 Å². The molecule has 9 heavy (non-hydrogen) atoms. The fourth-order valence-corrected chi connectivity index (χ4v) is 0.588. The summed E-state index contributed by atoms with van der Waals surface area (Å²) in [7, 11) is 0. The van der Waals surface area contributed by atoms with Gasteiger partial charge in [-0.3, -0.25) is 0 Å². The van der Waals surface area contributed by atoms with E-state index in [0.717, 1.165) is 5.56 Å². The Hall–Kier alpha value is -0.287. The SMILES string of the molecule is [CH2-]c1ccc(C)cc1.[Zn]. The van der Waals surface area contributed by atoms with Crippen LogP contribution in [0.25, 0.3) is 0 Å². The van der Waals surface area contributed by atoms with Crippen molar-refractivity contribution in [3.8, 4) is 0 Å². The molecule has 1 rings (SSSR count). The van der Waals surface area contributed by atoms with Crippen LogP contribution in [0.1, 0.15) is 11.1 Å². The van der Waals surface area contributed by atoms with E-state index in [1.165, 1.54) is 5.56 Å². The maximum absolute atomic E-state index is 3.76. The van der Waals surface area contributed by atoms with E-state index in [9.17, 15) is 0 Å². The van der Waals surface area contributed by atoms with Gasteiger partial charge in [0.15, 0.2) is 0 Å². The molecule has 44 valence electrons. The van der Waals surface area contributed by atoms with Crippen LogP contribution in [-0.4, -0.2) is 0 Å². The van der Waals surface area contributed by atoms with Crippen LogP contribution in [0.3, 0.4) is 0 Å². The van der Waals surface area contributed by atoms with Gasteiger partial charge in [-0.2, -0.15) is 24.6 Å². The Labute approximate surface area is 69.0 Å². The molecule has 0 fully saturated rings. The third-order valence-corrected chi connectivity index (χ3v) is 1.12. The number of hydrogen-bond acceptors (Lipinski definition) is 0. The number of rotatable bonds is 0. The van der Waals surface area contributed by atoms with Gasteiger partial charge in [0.1, 0.15) is 0 Å². The van der Waals surface area contributed by atoms with E-state index in [4.69, 9.17) is 0 Å². The summed E-state index contributed by atoms with van der Waals surface area (Å²) in [4.78, 5) is 0. The summed E-state index contributed by atoms with van der Waals surface area (Å²) in [6.45, 7) is 5.83. The molecule has 0 aromatic heterocycles. The van der Waals surface area contributed by atoms with Crippen LogP contribution < -0.4 is 0 Å². The molecular weight excluding hydrogens is 161 g/mol. The molecule has 0 saturated carbocycles. The van der Waals surface area contributed by atoms with Gasteiger partial charge in [0, 0.05) is 19.5 Å². The summed E-state index contributed by atoms with van der Waals surface area (Å²) < 4.78 is 0. The molecule has 0 aliphatic carbocycles. The van der Waals surface area contributed by atoms with Crippen LogP contribution in [0, 0.1) is 13.8 Å². The van der Waals surface area contributed by atoms with E-state index in [1.54, 1.807) is 0 Å². The molecule has 0 aliphatic heterocycles. The maximum atomic E-state index is 3.76. The van der Waals surface area contributed by atoms with E-state index in [2.05, 4.69) is 26.0 Å². The van der Waals surface area contributed by atoms with Crippen molar-refractivity contribution < 1.29 is 19.5 Å². The summed E-state index contributed by atoms with van der Waals surface area (Å²) in [6.07, 6.45) is 0. The van der Waals surface area contributed by atoms with E-state index in [1.807, 2.05) is 12.1 Å². The molecule has 0 bridgehead atoms. The summed E-state index contributed by atoms with van der Waals surface area (Å²) >= 11 is 0. The molecule has 0 heterocycles. The van der Waals surface area contributed by atoms with Crippen LogP contribution in [0.15, 0.2) is 24.3 Å². The van der Waals surface area contributed by atoms with Gasteiger partial charge in [0.05, 0.1) is 0 Å². The first kappa shape index (κ1) is 8.71. The zero-order chi connectivity index (χ0) is 5.98. The second kappa shape index (κ2) is 3.68. The summed E-state index contributed by atoms with van der Waals surface area (Å²) in [5.74, 6) is 0. The zero-order valence-electron chi connectivity index (χ0n) is 5.72. The van der Waals surface area contributed by atoms with Crippen LogP contribution in [-0.2, 0) is 19.5 Å². The standard InChI is InChI=1S/C8H9.Zn/c1-7-3-5-8(2)6-4-7;/h3-6H,1H2,2H3;/q-1;. The molecule has 1 aromatic rings. The molecule has 0 saturated heterocycles. The van der Waals surface area contributed by atoms with Crippen molar-refractivity contribution >= 4 is 0 Å². The fraction of sp³-hybridized carbons (Fsp3) is 0.125. The van der Waals surface area contributed by atoms with Gasteiger partial charge < -0.3 is 0 Å². The molecule has 0 atom stereocenters. The van der Waals surface area contributed by atoms with E-state index >= 15 is 0 Å². The van der Waals surface area contributed by atoms with Gasteiger partial charge in [-0.15, -0.1) is 12.1 Å². The van der Waals surface area contributed by atoms with Crippen molar-refractivity contribution in [2.24, 2.45) is 0 Å². The maximum Gasteiger partial charge on any atom is 0 e. The molecule has 0 spiro atoms. The minimum Gasteiger partial charge on any atom is -0.199 e. The molecular formula is C8H9Zn-. The molecule has 0 N–H and O–H groups in total. The summed E-state index contributed by atoms with van der Waals surface area (Å²) in [6, 6.07) is 8.13. The third-order valence-electron chi connectivity index (χ3n) is 1.12. The van der Waals surface area contributed by atoms with Crippen LogP contribution in [0.2, 0.25) is 0 Å². The summed E-state index contributed by atoms with van der Waals surface area (Å²) in [5, 5.41) is 0.